The summed E-state index contributed by atoms with van der Waals surface area (Å²) in [6.07, 6.45) is 3.22. The number of aromatic carboxylic acids is 1. The summed E-state index contributed by atoms with van der Waals surface area (Å²) in [4.78, 5) is 37.7. The van der Waals surface area contributed by atoms with E-state index in [0.717, 1.165) is 18.9 Å². The Balaban J connectivity index is 1.67. The molecule has 2 N–H and O–H groups in total. The van der Waals surface area contributed by atoms with Gasteiger partial charge >= 0.3 is 11.8 Å². The third-order valence-electron chi connectivity index (χ3n) is 6.25. The summed E-state index contributed by atoms with van der Waals surface area (Å²) < 4.78 is 27.3. The van der Waals surface area contributed by atoms with Gasteiger partial charge < -0.3 is 28.7 Å². The van der Waals surface area contributed by atoms with Crippen LogP contribution in [0.1, 0.15) is 40.8 Å². The fourth-order valence-corrected chi connectivity index (χ4v) is 4.90. The van der Waals surface area contributed by atoms with Crippen LogP contribution in [-0.4, -0.2) is 41.3 Å². The number of hydrogen-bond donors (Lipinski definition) is 2. The predicted molar refractivity (Wildman–Crippen MR) is 118 cm³/mol. The van der Waals surface area contributed by atoms with E-state index in [1.165, 1.54) is 6.20 Å². The van der Waals surface area contributed by atoms with E-state index in [1.807, 2.05) is 0 Å². The van der Waals surface area contributed by atoms with E-state index in [0.29, 0.717) is 36.7 Å². The van der Waals surface area contributed by atoms with Gasteiger partial charge in [0, 0.05) is 44.3 Å². The van der Waals surface area contributed by atoms with E-state index < -0.39 is 28.6 Å². The highest BCUT2D eigenvalue weighted by atomic mass is 35.5. The molecule has 174 valence electrons. The number of carboxylic acid groups (broad SMARTS) is 1. The van der Waals surface area contributed by atoms with Gasteiger partial charge in [-0.25, -0.2) is 14.0 Å². The minimum atomic E-state index is -1.36. The van der Waals surface area contributed by atoms with E-state index >= 15 is 4.39 Å². The molecule has 1 aromatic carbocycles. The molecule has 1 saturated heterocycles. The average Bonchev–Trinajstić information content (AvgIpc) is 3.55. The molecule has 2 aromatic heterocycles. The van der Waals surface area contributed by atoms with Crippen molar-refractivity contribution in [1.29, 1.82) is 0 Å². The third kappa shape index (κ3) is 3.72. The van der Waals surface area contributed by atoms with Crippen molar-refractivity contribution in [1.82, 2.24) is 9.88 Å². The van der Waals surface area contributed by atoms with Crippen molar-refractivity contribution in [3.05, 3.63) is 61.0 Å². The van der Waals surface area contributed by atoms with Gasteiger partial charge in [-0.1, -0.05) is 11.6 Å². The number of anilines is 1. The molecule has 1 saturated carbocycles. The summed E-state index contributed by atoms with van der Waals surface area (Å²) in [6.45, 7) is 3.11. The van der Waals surface area contributed by atoms with Crippen LogP contribution in [-0.2, 0) is 6.42 Å². The zero-order chi connectivity index (χ0) is 23.4. The van der Waals surface area contributed by atoms with Gasteiger partial charge in [-0.15, -0.1) is 0 Å². The van der Waals surface area contributed by atoms with Crippen molar-refractivity contribution in [2.75, 3.05) is 24.5 Å². The molecular weight excluding hydrogens is 457 g/mol. The second kappa shape index (κ2) is 8.03. The number of nitrogens with zero attached hydrogens (tertiary/aromatic N) is 2. The molecule has 0 radical (unpaired) electrons. The van der Waals surface area contributed by atoms with Gasteiger partial charge in [-0.2, -0.15) is 0 Å². The first-order chi connectivity index (χ1) is 15.8. The lowest BCUT2D eigenvalue weighted by atomic mass is 10.0. The normalized spacial score (nSPS) is 18.8. The van der Waals surface area contributed by atoms with Crippen LogP contribution in [0.15, 0.2) is 30.7 Å². The fraction of sp³-hybridized carbons (Fsp3) is 0.409. The summed E-state index contributed by atoms with van der Waals surface area (Å²) >= 11 is 6.76. The smallest absolute Gasteiger partial charge is 0.477 e. The number of aromatic nitrogens is 1. The first-order valence-corrected chi connectivity index (χ1v) is 11.0. The molecule has 0 amide bonds. The number of halogens is 2. The highest BCUT2D eigenvalue weighted by Gasteiger charge is 2.33. The van der Waals surface area contributed by atoms with E-state index in [1.54, 1.807) is 16.4 Å². The maximum absolute atomic E-state index is 15.5. The van der Waals surface area contributed by atoms with E-state index in [-0.39, 0.29) is 34.6 Å². The summed E-state index contributed by atoms with van der Waals surface area (Å²) in [5.41, 5.74) is -0.720. The third-order valence-corrected chi connectivity index (χ3v) is 6.61. The number of rotatable bonds is 5. The van der Waals surface area contributed by atoms with Crippen LogP contribution in [0, 0.1) is 12.7 Å². The molecule has 1 aliphatic heterocycles. The summed E-state index contributed by atoms with van der Waals surface area (Å²) in [5, 5.41) is 12.7. The van der Waals surface area contributed by atoms with Crippen LogP contribution >= 0.6 is 11.6 Å². The largest absolute Gasteiger partial charge is 0.519 e. The lowest BCUT2D eigenvalue weighted by Gasteiger charge is -2.38. The Morgan fingerprint density at radius 3 is 2.73 bits per heavy atom. The van der Waals surface area contributed by atoms with E-state index in [2.05, 4.69) is 5.32 Å². The highest BCUT2D eigenvalue weighted by Crippen LogP contribution is 2.42. The zero-order valence-corrected chi connectivity index (χ0v) is 18.4. The molecule has 3 heterocycles. The maximum Gasteiger partial charge on any atom is 0.519 e. The van der Waals surface area contributed by atoms with Crippen LogP contribution in [0.4, 0.5) is 10.1 Å². The van der Waals surface area contributed by atoms with Crippen LogP contribution in [0.25, 0.3) is 10.9 Å². The van der Waals surface area contributed by atoms with Crippen LogP contribution in [0.2, 0.25) is 5.02 Å². The maximum atomic E-state index is 15.5. The molecule has 11 heteroatoms. The average molecular weight is 478 g/mol. The Kier molecular flexibility index (Phi) is 5.29. The molecule has 0 spiro atoms. The number of hydrogen-bond acceptors (Lipinski definition) is 7. The van der Waals surface area contributed by atoms with Gasteiger partial charge in [0.05, 0.1) is 21.6 Å². The summed E-state index contributed by atoms with van der Waals surface area (Å²) in [7, 11) is 0. The van der Waals surface area contributed by atoms with Crippen molar-refractivity contribution < 1.29 is 23.1 Å². The lowest BCUT2D eigenvalue weighted by Crippen LogP contribution is -2.53. The zero-order valence-electron chi connectivity index (χ0n) is 17.7. The van der Waals surface area contributed by atoms with Gasteiger partial charge in [0.25, 0.3) is 0 Å². The molecule has 2 fully saturated rings. The summed E-state index contributed by atoms with van der Waals surface area (Å²) in [5.74, 6) is -2.14. The number of pyridine rings is 1. The molecular formula is C22H21ClFN3O6. The first-order valence-electron chi connectivity index (χ1n) is 10.6. The van der Waals surface area contributed by atoms with E-state index in [9.17, 15) is 19.5 Å². The Morgan fingerprint density at radius 2 is 2.09 bits per heavy atom. The van der Waals surface area contributed by atoms with Gasteiger partial charge in [-0.3, -0.25) is 4.79 Å². The van der Waals surface area contributed by atoms with Crippen molar-refractivity contribution in [3.8, 4) is 0 Å². The predicted octanol–water partition coefficient (Wildman–Crippen LogP) is 2.70. The van der Waals surface area contributed by atoms with Crippen LogP contribution < -0.4 is 21.5 Å². The van der Waals surface area contributed by atoms with E-state index in [4.69, 9.17) is 20.4 Å². The number of aryl methyl sites for hydroxylation is 1. The molecule has 1 unspecified atom stereocenters. The number of piperazine rings is 1. The SMILES string of the molecule is Cc1oc(=O)oc1CC1CNCCN1c1c(F)cc2c(=O)c(C(=O)O)cn(C3CC3)c2c1Cl. The highest BCUT2D eigenvalue weighted by molar-refractivity contribution is 6.38. The van der Waals surface area contributed by atoms with Crippen molar-refractivity contribution in [2.24, 2.45) is 0 Å². The van der Waals surface area contributed by atoms with Gasteiger partial charge in [0.1, 0.15) is 17.1 Å². The Labute approximate surface area is 191 Å². The van der Waals surface area contributed by atoms with Crippen LogP contribution in [0.5, 0.6) is 0 Å². The number of carboxylic acids is 1. The Bertz CT molecular complexity index is 1390. The quantitative estimate of drug-likeness (QED) is 0.576. The first kappa shape index (κ1) is 21.7. The fourth-order valence-electron chi connectivity index (χ4n) is 4.50. The summed E-state index contributed by atoms with van der Waals surface area (Å²) in [6, 6.07) is 0.776. The van der Waals surface area contributed by atoms with Crippen molar-refractivity contribution in [3.63, 3.8) is 0 Å². The molecule has 5 rings (SSSR count). The monoisotopic (exact) mass is 477 g/mol. The van der Waals surface area contributed by atoms with Gasteiger partial charge in [0.2, 0.25) is 5.43 Å². The molecule has 1 aliphatic carbocycles. The molecule has 2 aliphatic rings. The van der Waals surface area contributed by atoms with Crippen molar-refractivity contribution in [2.45, 2.75) is 38.3 Å². The minimum absolute atomic E-state index is 0.00341. The number of nitrogens with one attached hydrogen (secondary N) is 1. The molecule has 3 aromatic rings. The minimum Gasteiger partial charge on any atom is -0.477 e. The lowest BCUT2D eigenvalue weighted by molar-refractivity contribution is 0.0695. The standard InChI is InChI=1S/C22H21ClFN3O6/c1-10-16(33-22(31)32-10)6-12-8-25-4-5-26(12)19-15(24)7-13-18(17(19)23)27(11-2-3-11)9-14(20(13)28)21(29)30/h7,9,11-12,25H,2-6,8H2,1H3,(H,29,30). The van der Waals surface area contributed by atoms with Crippen molar-refractivity contribution >= 4 is 34.2 Å². The van der Waals surface area contributed by atoms with Gasteiger partial charge in [-0.05, 0) is 25.8 Å². The number of fused-ring (bicyclic) bond motifs is 1. The second-order valence-electron chi connectivity index (χ2n) is 8.42. The number of carbonyl (C=O) groups is 1. The Hall–Kier alpha value is -3.11. The topological polar surface area (TPSA) is 118 Å². The second-order valence-corrected chi connectivity index (χ2v) is 8.80. The Morgan fingerprint density at radius 1 is 1.33 bits per heavy atom. The van der Waals surface area contributed by atoms with Crippen LogP contribution in [0.3, 0.4) is 0 Å². The molecule has 33 heavy (non-hydrogen) atoms. The number of benzene rings is 1. The molecule has 1 atom stereocenters. The van der Waals surface area contributed by atoms with Gasteiger partial charge in [0.15, 0.2) is 5.76 Å². The molecule has 9 nitrogen and oxygen atoms in total. The molecule has 0 bridgehead atoms.